The molecule has 1 amide bonds. The van der Waals surface area contributed by atoms with E-state index in [1.165, 1.54) is 6.92 Å². The van der Waals surface area contributed by atoms with Gasteiger partial charge in [-0.15, -0.1) is 5.10 Å². The van der Waals surface area contributed by atoms with Crippen LogP contribution in [0.3, 0.4) is 0 Å². The van der Waals surface area contributed by atoms with Gasteiger partial charge in [-0.05, 0) is 6.92 Å². The number of carbonyl (C=O) groups excluding carboxylic acids is 2. The second-order valence-electron chi connectivity index (χ2n) is 2.41. The Balaban J connectivity index is 2.67. The van der Waals surface area contributed by atoms with Gasteiger partial charge >= 0.3 is 5.97 Å². The molecule has 0 aliphatic heterocycles. The number of ether oxygens (including phenoxy) is 1. The van der Waals surface area contributed by atoms with Crippen LogP contribution >= 0.6 is 0 Å². The smallest absolute Gasteiger partial charge is 0.375 e. The zero-order valence-corrected chi connectivity index (χ0v) is 7.83. The normalized spacial score (nSPS) is 9.57. The molecule has 0 aromatic carbocycles. The average Bonchev–Trinajstić information content (AvgIpc) is 2.52. The van der Waals surface area contributed by atoms with Crippen LogP contribution in [0, 0.1) is 0 Å². The lowest BCUT2D eigenvalue weighted by atomic mass is 10.6. The van der Waals surface area contributed by atoms with E-state index in [1.807, 2.05) is 0 Å². The monoisotopic (exact) mass is 198 g/mol. The van der Waals surface area contributed by atoms with Crippen LogP contribution in [0.4, 0.5) is 5.95 Å². The van der Waals surface area contributed by atoms with Crippen LogP contribution in [-0.2, 0) is 9.53 Å². The number of hydrogen-bond donors (Lipinski definition) is 2. The molecular weight excluding hydrogens is 188 g/mol. The van der Waals surface area contributed by atoms with Crippen LogP contribution < -0.4 is 5.32 Å². The van der Waals surface area contributed by atoms with Gasteiger partial charge in [-0.25, -0.2) is 4.79 Å². The predicted octanol–water partition coefficient (Wildman–Crippen LogP) is -0.0602. The van der Waals surface area contributed by atoms with Gasteiger partial charge < -0.3 is 4.74 Å². The fourth-order valence-corrected chi connectivity index (χ4v) is 0.766. The van der Waals surface area contributed by atoms with Crippen LogP contribution in [0.1, 0.15) is 24.5 Å². The molecule has 0 saturated carbocycles. The zero-order chi connectivity index (χ0) is 10.6. The van der Waals surface area contributed by atoms with E-state index in [9.17, 15) is 9.59 Å². The first-order valence-electron chi connectivity index (χ1n) is 4.00. The van der Waals surface area contributed by atoms with Gasteiger partial charge in [0, 0.05) is 6.92 Å². The largest absolute Gasteiger partial charge is 0.460 e. The number of carbonyl (C=O) groups is 2. The number of amides is 1. The molecule has 7 nitrogen and oxygen atoms in total. The Hall–Kier alpha value is -1.92. The van der Waals surface area contributed by atoms with Crippen molar-refractivity contribution in [3.8, 4) is 0 Å². The Kier molecular flexibility index (Phi) is 3.16. The number of nitrogens with zero attached hydrogens (tertiary/aromatic N) is 2. The van der Waals surface area contributed by atoms with Crippen molar-refractivity contribution in [3.05, 3.63) is 5.82 Å². The second-order valence-corrected chi connectivity index (χ2v) is 2.41. The lowest BCUT2D eigenvalue weighted by Crippen LogP contribution is -2.08. The number of aromatic amines is 1. The number of H-pyrrole nitrogens is 1. The van der Waals surface area contributed by atoms with Gasteiger partial charge in [0.1, 0.15) is 0 Å². The fraction of sp³-hybridized carbons (Fsp3) is 0.429. The quantitative estimate of drug-likeness (QED) is 0.663. The molecular formula is C7H10N4O3. The molecule has 2 N–H and O–H groups in total. The molecule has 76 valence electrons. The molecule has 1 rings (SSSR count). The molecule has 0 aliphatic carbocycles. The first kappa shape index (κ1) is 10.2. The van der Waals surface area contributed by atoms with E-state index >= 15 is 0 Å². The van der Waals surface area contributed by atoms with Gasteiger partial charge in [0.25, 0.3) is 0 Å². The lowest BCUT2D eigenvalue weighted by molar-refractivity contribution is -0.114. The minimum atomic E-state index is -0.600. The van der Waals surface area contributed by atoms with Crippen molar-refractivity contribution in [2.75, 3.05) is 11.9 Å². The Labute approximate surface area is 79.9 Å². The molecule has 1 aromatic heterocycles. The Morgan fingerprint density at radius 2 is 2.29 bits per heavy atom. The molecule has 0 atom stereocenters. The van der Waals surface area contributed by atoms with E-state index < -0.39 is 5.97 Å². The highest BCUT2D eigenvalue weighted by atomic mass is 16.5. The third-order valence-electron chi connectivity index (χ3n) is 1.24. The third kappa shape index (κ3) is 2.54. The predicted molar refractivity (Wildman–Crippen MR) is 46.6 cm³/mol. The van der Waals surface area contributed by atoms with Crippen molar-refractivity contribution in [2.24, 2.45) is 0 Å². The summed E-state index contributed by atoms with van der Waals surface area (Å²) in [4.78, 5) is 25.4. The zero-order valence-electron chi connectivity index (χ0n) is 7.83. The highest BCUT2D eigenvalue weighted by molar-refractivity contribution is 5.88. The maximum absolute atomic E-state index is 11.1. The SMILES string of the molecule is CCOC(=O)c1nc(NC(C)=O)n[nH]1. The molecule has 0 bridgehead atoms. The van der Waals surface area contributed by atoms with Crippen molar-refractivity contribution in [1.29, 1.82) is 0 Å². The number of esters is 1. The van der Waals surface area contributed by atoms with E-state index in [-0.39, 0.29) is 24.3 Å². The Bertz CT molecular complexity index is 346. The summed E-state index contributed by atoms with van der Waals surface area (Å²) in [6.07, 6.45) is 0. The molecule has 0 radical (unpaired) electrons. The summed E-state index contributed by atoms with van der Waals surface area (Å²) >= 11 is 0. The van der Waals surface area contributed by atoms with Crippen LogP contribution in [0.5, 0.6) is 0 Å². The number of nitrogens with one attached hydrogen (secondary N) is 2. The van der Waals surface area contributed by atoms with Crippen molar-refractivity contribution >= 4 is 17.8 Å². The molecule has 0 spiro atoms. The topological polar surface area (TPSA) is 97.0 Å². The first-order chi connectivity index (χ1) is 6.63. The van der Waals surface area contributed by atoms with Crippen molar-refractivity contribution in [2.45, 2.75) is 13.8 Å². The standard InChI is InChI=1S/C7H10N4O3/c1-3-14-6(13)5-9-7(11-10-5)8-4(2)12/h3H2,1-2H3,(H2,8,9,10,11,12). The van der Waals surface area contributed by atoms with Gasteiger partial charge in [0.15, 0.2) is 0 Å². The van der Waals surface area contributed by atoms with E-state index in [0.717, 1.165) is 0 Å². The summed E-state index contributed by atoms with van der Waals surface area (Å²) in [6.45, 7) is 3.26. The summed E-state index contributed by atoms with van der Waals surface area (Å²) in [6, 6.07) is 0. The lowest BCUT2D eigenvalue weighted by Gasteiger charge is -1.95. The summed E-state index contributed by atoms with van der Waals surface area (Å²) in [5.41, 5.74) is 0. The van der Waals surface area contributed by atoms with Gasteiger partial charge in [-0.2, -0.15) is 4.98 Å². The average molecular weight is 198 g/mol. The van der Waals surface area contributed by atoms with Crippen molar-refractivity contribution in [3.63, 3.8) is 0 Å². The number of anilines is 1. The van der Waals surface area contributed by atoms with E-state index in [1.54, 1.807) is 6.92 Å². The van der Waals surface area contributed by atoms with Gasteiger partial charge in [0.05, 0.1) is 6.61 Å². The highest BCUT2D eigenvalue weighted by Gasteiger charge is 2.12. The molecule has 1 heterocycles. The second kappa shape index (κ2) is 4.35. The highest BCUT2D eigenvalue weighted by Crippen LogP contribution is 1.99. The third-order valence-corrected chi connectivity index (χ3v) is 1.24. The minimum Gasteiger partial charge on any atom is -0.460 e. The molecule has 14 heavy (non-hydrogen) atoms. The Morgan fingerprint density at radius 1 is 1.57 bits per heavy atom. The van der Waals surface area contributed by atoms with Crippen molar-refractivity contribution < 1.29 is 14.3 Å². The minimum absolute atomic E-state index is 0.0319. The molecule has 0 saturated heterocycles. The first-order valence-corrected chi connectivity index (χ1v) is 4.00. The van der Waals surface area contributed by atoms with E-state index in [2.05, 4.69) is 25.2 Å². The van der Waals surface area contributed by atoms with Gasteiger partial charge in [-0.1, -0.05) is 0 Å². The maximum Gasteiger partial charge on any atom is 0.375 e. The molecule has 0 aliphatic rings. The van der Waals surface area contributed by atoms with Gasteiger partial charge in [-0.3, -0.25) is 15.2 Å². The Morgan fingerprint density at radius 3 is 2.86 bits per heavy atom. The summed E-state index contributed by atoms with van der Waals surface area (Å²) in [5, 5.41) is 8.26. The number of aromatic nitrogens is 3. The maximum atomic E-state index is 11.1. The van der Waals surface area contributed by atoms with Crippen LogP contribution in [0.15, 0.2) is 0 Å². The van der Waals surface area contributed by atoms with E-state index in [0.29, 0.717) is 0 Å². The molecule has 7 heteroatoms. The fourth-order valence-electron chi connectivity index (χ4n) is 0.766. The summed E-state index contributed by atoms with van der Waals surface area (Å²) in [5.74, 6) is -0.882. The molecule has 1 aromatic rings. The van der Waals surface area contributed by atoms with Crippen LogP contribution in [-0.4, -0.2) is 33.7 Å². The summed E-state index contributed by atoms with van der Waals surface area (Å²) in [7, 11) is 0. The summed E-state index contributed by atoms with van der Waals surface area (Å²) < 4.78 is 4.66. The van der Waals surface area contributed by atoms with Gasteiger partial charge in [0.2, 0.25) is 17.7 Å². The number of hydrogen-bond acceptors (Lipinski definition) is 5. The van der Waals surface area contributed by atoms with Crippen molar-refractivity contribution in [1.82, 2.24) is 15.2 Å². The number of rotatable bonds is 3. The van der Waals surface area contributed by atoms with Crippen LogP contribution in [0.25, 0.3) is 0 Å². The van der Waals surface area contributed by atoms with E-state index in [4.69, 9.17) is 0 Å². The molecule has 0 unspecified atom stereocenters. The van der Waals surface area contributed by atoms with Crippen LogP contribution in [0.2, 0.25) is 0 Å². The molecule has 0 fully saturated rings.